The van der Waals surface area contributed by atoms with Crippen molar-refractivity contribution in [1.82, 2.24) is 4.90 Å². The van der Waals surface area contributed by atoms with E-state index in [0.29, 0.717) is 19.1 Å². The maximum Gasteiger partial charge on any atom is 0.236 e. The Morgan fingerprint density at radius 2 is 2.33 bits per heavy atom. The van der Waals surface area contributed by atoms with Crippen LogP contribution in [0.4, 0.5) is 0 Å². The molecule has 15 heavy (non-hydrogen) atoms. The van der Waals surface area contributed by atoms with E-state index in [0.717, 1.165) is 6.54 Å². The summed E-state index contributed by atoms with van der Waals surface area (Å²) >= 11 is 0. The number of hydrogen-bond acceptors (Lipinski definition) is 3. The summed E-state index contributed by atoms with van der Waals surface area (Å²) in [6.07, 6.45) is -0.0181. The molecule has 84 valence electrons. The van der Waals surface area contributed by atoms with E-state index in [4.69, 9.17) is 10.00 Å². The molecule has 0 aliphatic carbocycles. The van der Waals surface area contributed by atoms with Gasteiger partial charge in [-0.3, -0.25) is 4.79 Å². The molecule has 0 saturated carbocycles. The highest BCUT2D eigenvalue weighted by atomic mass is 16.5. The molecular formula is C11H18N2O2. The fourth-order valence-electron chi connectivity index (χ4n) is 2.05. The van der Waals surface area contributed by atoms with Gasteiger partial charge in [0.1, 0.15) is 6.42 Å². The van der Waals surface area contributed by atoms with E-state index in [1.165, 1.54) is 0 Å². The third kappa shape index (κ3) is 2.69. The molecule has 1 saturated heterocycles. The quantitative estimate of drug-likeness (QED) is 0.699. The summed E-state index contributed by atoms with van der Waals surface area (Å²) in [6, 6.07) is 1.90. The number of rotatable bonds is 3. The molecule has 0 N–H and O–H groups in total. The molecule has 1 atom stereocenters. The van der Waals surface area contributed by atoms with Crippen molar-refractivity contribution in [3.05, 3.63) is 0 Å². The second kappa shape index (κ2) is 4.63. The zero-order valence-corrected chi connectivity index (χ0v) is 9.62. The van der Waals surface area contributed by atoms with Crippen LogP contribution in [0.3, 0.4) is 0 Å². The first-order valence-electron chi connectivity index (χ1n) is 5.15. The van der Waals surface area contributed by atoms with Crippen molar-refractivity contribution in [2.75, 3.05) is 26.8 Å². The van der Waals surface area contributed by atoms with Crippen LogP contribution < -0.4 is 0 Å². The molecular weight excluding hydrogens is 192 g/mol. The number of likely N-dealkylation sites (tertiary alicyclic amines) is 1. The lowest BCUT2D eigenvalue weighted by Crippen LogP contribution is -2.29. The summed E-state index contributed by atoms with van der Waals surface area (Å²) in [5, 5.41) is 8.47. The lowest BCUT2D eigenvalue weighted by molar-refractivity contribution is -0.129. The van der Waals surface area contributed by atoms with E-state index < -0.39 is 0 Å². The van der Waals surface area contributed by atoms with Crippen LogP contribution in [0, 0.1) is 22.7 Å². The Kier molecular flexibility index (Phi) is 3.70. The Balaban J connectivity index is 2.62. The summed E-state index contributed by atoms with van der Waals surface area (Å²) in [5.74, 6) is 0.300. The highest BCUT2D eigenvalue weighted by Gasteiger charge is 2.40. The summed E-state index contributed by atoms with van der Waals surface area (Å²) in [5.41, 5.74) is 0.0845. The first-order chi connectivity index (χ1) is 7.01. The van der Waals surface area contributed by atoms with Gasteiger partial charge in [-0.05, 0) is 5.41 Å². The lowest BCUT2D eigenvalue weighted by Gasteiger charge is -2.24. The van der Waals surface area contributed by atoms with Gasteiger partial charge in [0.15, 0.2) is 0 Å². The monoisotopic (exact) mass is 210 g/mol. The third-order valence-electron chi connectivity index (χ3n) is 3.10. The van der Waals surface area contributed by atoms with E-state index in [2.05, 4.69) is 13.8 Å². The Hall–Kier alpha value is -1.08. The average molecular weight is 210 g/mol. The maximum absolute atomic E-state index is 11.5. The largest absolute Gasteiger partial charge is 0.384 e. The van der Waals surface area contributed by atoms with Gasteiger partial charge in [-0.1, -0.05) is 13.8 Å². The Morgan fingerprint density at radius 1 is 1.67 bits per heavy atom. The van der Waals surface area contributed by atoms with Crippen molar-refractivity contribution in [1.29, 1.82) is 5.26 Å². The molecule has 0 radical (unpaired) electrons. The van der Waals surface area contributed by atoms with Crippen LogP contribution in [0.1, 0.15) is 20.3 Å². The van der Waals surface area contributed by atoms with E-state index >= 15 is 0 Å². The number of amides is 1. The second-order valence-electron chi connectivity index (χ2n) is 4.75. The fraction of sp³-hybridized carbons (Fsp3) is 0.818. The molecule has 4 nitrogen and oxygen atoms in total. The van der Waals surface area contributed by atoms with E-state index in [9.17, 15) is 4.79 Å². The minimum absolute atomic E-state index is 0.0181. The van der Waals surface area contributed by atoms with E-state index in [-0.39, 0.29) is 17.7 Å². The van der Waals surface area contributed by atoms with Gasteiger partial charge in [-0.2, -0.15) is 5.26 Å². The Labute approximate surface area is 90.8 Å². The zero-order chi connectivity index (χ0) is 11.5. The van der Waals surface area contributed by atoms with E-state index in [1.807, 2.05) is 6.07 Å². The molecule has 1 amide bonds. The summed E-state index contributed by atoms with van der Waals surface area (Å²) in [7, 11) is 1.68. The molecule has 0 aromatic heterocycles. The SMILES string of the molecule is COC[C@@H]1CN(C(=O)CC#N)CC1(C)C. The van der Waals surface area contributed by atoms with Gasteiger partial charge in [0.25, 0.3) is 0 Å². The fourth-order valence-corrected chi connectivity index (χ4v) is 2.05. The van der Waals surface area contributed by atoms with Crippen molar-refractivity contribution in [3.63, 3.8) is 0 Å². The standard InChI is InChI=1S/C11H18N2O2/c1-11(2)8-13(10(14)4-5-12)6-9(11)7-15-3/h9H,4,6-8H2,1-3H3/t9-/m0/s1. The van der Waals surface area contributed by atoms with Gasteiger partial charge in [0.05, 0.1) is 12.7 Å². The van der Waals surface area contributed by atoms with Crippen molar-refractivity contribution >= 4 is 5.91 Å². The van der Waals surface area contributed by atoms with Gasteiger partial charge in [-0.25, -0.2) is 0 Å². The topological polar surface area (TPSA) is 53.3 Å². The van der Waals surface area contributed by atoms with Gasteiger partial charge < -0.3 is 9.64 Å². The molecule has 0 spiro atoms. The average Bonchev–Trinajstić information content (AvgIpc) is 2.44. The third-order valence-corrected chi connectivity index (χ3v) is 3.10. The molecule has 0 bridgehead atoms. The number of carbonyl (C=O) groups excluding carboxylic acids is 1. The minimum Gasteiger partial charge on any atom is -0.384 e. The van der Waals surface area contributed by atoms with E-state index in [1.54, 1.807) is 12.0 Å². The van der Waals surface area contributed by atoms with Crippen LogP contribution in [-0.4, -0.2) is 37.6 Å². The normalized spacial score (nSPS) is 23.9. The number of methoxy groups -OCH3 is 1. The van der Waals surface area contributed by atoms with Crippen LogP contribution in [0.5, 0.6) is 0 Å². The van der Waals surface area contributed by atoms with Gasteiger partial charge in [0, 0.05) is 26.1 Å². The van der Waals surface area contributed by atoms with Gasteiger partial charge in [-0.15, -0.1) is 0 Å². The molecule has 0 unspecified atom stereocenters. The Bertz CT molecular complexity index is 281. The predicted octanol–water partition coefficient (Wildman–Crippen LogP) is 1.03. The first-order valence-corrected chi connectivity index (χ1v) is 5.15. The molecule has 4 heteroatoms. The molecule has 1 aliphatic rings. The first kappa shape index (κ1) is 12.0. The summed E-state index contributed by atoms with van der Waals surface area (Å²) in [4.78, 5) is 13.3. The van der Waals surface area contributed by atoms with Crippen LogP contribution in [-0.2, 0) is 9.53 Å². The van der Waals surface area contributed by atoms with Crippen molar-refractivity contribution in [3.8, 4) is 6.07 Å². The van der Waals surface area contributed by atoms with Crippen LogP contribution in [0.15, 0.2) is 0 Å². The number of hydrogen-bond donors (Lipinski definition) is 0. The Morgan fingerprint density at radius 3 is 2.87 bits per heavy atom. The number of nitrogens with zero attached hydrogens (tertiary/aromatic N) is 2. The molecule has 0 aromatic carbocycles. The van der Waals surface area contributed by atoms with Crippen LogP contribution >= 0.6 is 0 Å². The van der Waals surface area contributed by atoms with Crippen LogP contribution in [0.2, 0.25) is 0 Å². The number of nitriles is 1. The number of ether oxygens (including phenoxy) is 1. The van der Waals surface area contributed by atoms with Gasteiger partial charge in [0.2, 0.25) is 5.91 Å². The molecule has 0 aromatic rings. The van der Waals surface area contributed by atoms with Crippen molar-refractivity contribution < 1.29 is 9.53 Å². The second-order valence-corrected chi connectivity index (χ2v) is 4.75. The lowest BCUT2D eigenvalue weighted by atomic mass is 9.83. The molecule has 1 aliphatic heterocycles. The predicted molar refractivity (Wildman–Crippen MR) is 56.0 cm³/mol. The van der Waals surface area contributed by atoms with Crippen molar-refractivity contribution in [2.24, 2.45) is 11.3 Å². The zero-order valence-electron chi connectivity index (χ0n) is 9.62. The molecule has 1 rings (SSSR count). The highest BCUT2D eigenvalue weighted by Crippen LogP contribution is 2.35. The summed E-state index contributed by atoms with van der Waals surface area (Å²) in [6.45, 7) is 6.37. The summed E-state index contributed by atoms with van der Waals surface area (Å²) < 4.78 is 5.15. The smallest absolute Gasteiger partial charge is 0.236 e. The number of carbonyl (C=O) groups is 1. The molecule has 1 fully saturated rings. The minimum atomic E-state index is -0.0656. The maximum atomic E-state index is 11.5. The van der Waals surface area contributed by atoms with Gasteiger partial charge >= 0.3 is 0 Å². The highest BCUT2D eigenvalue weighted by molar-refractivity contribution is 5.78. The van der Waals surface area contributed by atoms with Crippen LogP contribution in [0.25, 0.3) is 0 Å². The van der Waals surface area contributed by atoms with Crippen molar-refractivity contribution in [2.45, 2.75) is 20.3 Å². The molecule has 1 heterocycles.